The number of carbonyl (C=O) groups is 2. The van der Waals surface area contributed by atoms with Gasteiger partial charge in [-0.2, -0.15) is 0 Å². The average molecular weight is 713 g/mol. The van der Waals surface area contributed by atoms with Crippen LogP contribution in [0.2, 0.25) is 10.0 Å². The van der Waals surface area contributed by atoms with E-state index in [4.69, 9.17) is 37.4 Å². The molecule has 0 aliphatic heterocycles. The molecule has 2 amide bonds. The summed E-state index contributed by atoms with van der Waals surface area (Å²) in [4.78, 5) is 26.1. The highest BCUT2D eigenvalue weighted by Gasteiger charge is 2.21. The molecule has 0 atom stereocenters. The second-order valence-corrected chi connectivity index (χ2v) is 13.0. The minimum atomic E-state index is -0.394. The summed E-state index contributed by atoms with van der Waals surface area (Å²) < 4.78 is 19.7. The first-order chi connectivity index (χ1) is 21.8. The van der Waals surface area contributed by atoms with E-state index in [0.29, 0.717) is 74.5 Å². The normalized spacial score (nSPS) is 10.9. The molecule has 2 aromatic carbocycles. The fourth-order valence-corrected chi connectivity index (χ4v) is 6.63. The third kappa shape index (κ3) is 9.16. The maximum absolute atomic E-state index is 13.4. The van der Waals surface area contributed by atoms with Gasteiger partial charge in [0.05, 0.1) is 47.9 Å². The SMILES string of the molecule is CCOc1cc(C(=O)NCc2nnc(SCC(=O)Nc3nnc(SCC)s3)n2-c2ccc(Cl)c(Cl)c2)cc(OCC)c1OCC. The van der Waals surface area contributed by atoms with Gasteiger partial charge in [0, 0.05) is 5.56 Å². The number of anilines is 1. The number of carbonyl (C=O) groups excluding carboxylic acids is 2. The standard InChI is InChI=1S/C28H31Cl2N7O5S3/c1-5-40-20-11-16(12-21(41-6-2)24(20)42-7-3)25(39)31-14-22-33-35-27(37(22)17-9-10-18(29)19(30)13-17)44-15-23(38)32-26-34-36-28(45-26)43-8-4/h9-13H,5-8,14-15H2,1-4H3,(H,31,39)(H,32,34,38). The monoisotopic (exact) mass is 711 g/mol. The maximum atomic E-state index is 13.4. The van der Waals surface area contributed by atoms with Crippen LogP contribution in [0.3, 0.4) is 0 Å². The van der Waals surface area contributed by atoms with Crippen LogP contribution in [-0.2, 0) is 11.3 Å². The number of hydrogen-bond acceptors (Lipinski definition) is 12. The summed E-state index contributed by atoms with van der Waals surface area (Å²) in [5.74, 6) is 1.84. The number of benzene rings is 2. The van der Waals surface area contributed by atoms with E-state index in [-0.39, 0.29) is 18.2 Å². The molecular weight excluding hydrogens is 681 g/mol. The first kappa shape index (κ1) is 34.6. The predicted octanol–water partition coefficient (Wildman–Crippen LogP) is 6.39. The molecule has 0 bridgehead atoms. The van der Waals surface area contributed by atoms with E-state index in [1.807, 2.05) is 27.7 Å². The molecule has 0 unspecified atom stereocenters. The lowest BCUT2D eigenvalue weighted by atomic mass is 10.1. The van der Waals surface area contributed by atoms with Crippen molar-refractivity contribution in [3.8, 4) is 22.9 Å². The molecule has 4 rings (SSSR count). The second kappa shape index (κ2) is 16.9. The summed E-state index contributed by atoms with van der Waals surface area (Å²) in [5.41, 5.74) is 0.916. The predicted molar refractivity (Wildman–Crippen MR) is 178 cm³/mol. The van der Waals surface area contributed by atoms with Gasteiger partial charge in [-0.05, 0) is 56.9 Å². The second-order valence-electron chi connectivity index (χ2n) is 8.76. The highest BCUT2D eigenvalue weighted by atomic mass is 35.5. The smallest absolute Gasteiger partial charge is 0.251 e. The van der Waals surface area contributed by atoms with E-state index in [9.17, 15) is 9.59 Å². The lowest BCUT2D eigenvalue weighted by Gasteiger charge is -2.17. The van der Waals surface area contributed by atoms with E-state index in [1.54, 1.807) is 46.7 Å². The van der Waals surface area contributed by atoms with Crippen LogP contribution in [-0.4, -0.2) is 68.1 Å². The zero-order valence-electron chi connectivity index (χ0n) is 24.9. The number of thioether (sulfide) groups is 2. The van der Waals surface area contributed by atoms with Crippen LogP contribution in [0.5, 0.6) is 17.2 Å². The zero-order chi connectivity index (χ0) is 32.3. The molecule has 2 N–H and O–H groups in total. The fourth-order valence-electron chi connectivity index (χ4n) is 3.90. The third-order valence-corrected chi connectivity index (χ3v) is 9.22. The van der Waals surface area contributed by atoms with Gasteiger partial charge >= 0.3 is 0 Å². The third-order valence-electron chi connectivity index (χ3n) is 5.69. The molecule has 0 fully saturated rings. The molecule has 12 nitrogen and oxygen atoms in total. The van der Waals surface area contributed by atoms with Crippen molar-refractivity contribution in [1.29, 1.82) is 0 Å². The molecule has 2 aromatic heterocycles. The molecular formula is C28H31Cl2N7O5S3. The van der Waals surface area contributed by atoms with Crippen molar-refractivity contribution in [3.05, 3.63) is 51.8 Å². The first-order valence-electron chi connectivity index (χ1n) is 13.9. The number of ether oxygens (including phenoxy) is 3. The quantitative estimate of drug-likeness (QED) is 0.0985. The van der Waals surface area contributed by atoms with Crippen molar-refractivity contribution in [2.45, 2.75) is 43.7 Å². The minimum absolute atomic E-state index is 0.00262. The van der Waals surface area contributed by atoms with E-state index < -0.39 is 5.91 Å². The molecule has 0 aliphatic rings. The van der Waals surface area contributed by atoms with Gasteiger partial charge in [0.25, 0.3) is 5.91 Å². The maximum Gasteiger partial charge on any atom is 0.251 e. The Morgan fingerprint density at radius 1 is 0.889 bits per heavy atom. The van der Waals surface area contributed by atoms with E-state index in [1.165, 1.54) is 11.3 Å². The average Bonchev–Trinajstić information content (AvgIpc) is 3.64. The largest absolute Gasteiger partial charge is 0.490 e. The Morgan fingerprint density at radius 3 is 2.24 bits per heavy atom. The Morgan fingerprint density at radius 2 is 1.60 bits per heavy atom. The van der Waals surface area contributed by atoms with Gasteiger partial charge in [-0.1, -0.05) is 65.0 Å². The van der Waals surface area contributed by atoms with Crippen LogP contribution < -0.4 is 24.8 Å². The van der Waals surface area contributed by atoms with Gasteiger partial charge in [-0.25, -0.2) is 0 Å². The lowest BCUT2D eigenvalue weighted by molar-refractivity contribution is -0.113. The molecule has 0 saturated carbocycles. The summed E-state index contributed by atoms with van der Waals surface area (Å²) in [6, 6.07) is 8.27. The number of nitrogens with zero attached hydrogens (tertiary/aromatic N) is 5. The van der Waals surface area contributed by atoms with Crippen molar-refractivity contribution < 1.29 is 23.8 Å². The van der Waals surface area contributed by atoms with Crippen LogP contribution >= 0.6 is 58.1 Å². The van der Waals surface area contributed by atoms with Gasteiger partial charge < -0.3 is 19.5 Å². The Labute approximate surface area is 282 Å². The Balaban J connectivity index is 1.55. The summed E-state index contributed by atoms with van der Waals surface area (Å²) in [6.07, 6.45) is 0. The topological polar surface area (TPSA) is 142 Å². The Hall–Kier alpha value is -3.24. The highest BCUT2D eigenvalue weighted by molar-refractivity contribution is 8.01. The van der Waals surface area contributed by atoms with Gasteiger partial charge in [-0.3, -0.25) is 19.5 Å². The number of hydrogen-bond donors (Lipinski definition) is 2. The lowest BCUT2D eigenvalue weighted by Crippen LogP contribution is -2.25. The Bertz CT molecular complexity index is 1610. The van der Waals surface area contributed by atoms with Crippen molar-refractivity contribution >= 4 is 75.0 Å². The van der Waals surface area contributed by atoms with Gasteiger partial charge in [-0.15, -0.1) is 20.4 Å². The number of rotatable bonds is 16. The fraction of sp³-hybridized carbons (Fsp3) is 0.357. The summed E-state index contributed by atoms with van der Waals surface area (Å²) in [5, 5.41) is 23.8. The van der Waals surface area contributed by atoms with Crippen molar-refractivity contribution in [1.82, 2.24) is 30.3 Å². The summed E-state index contributed by atoms with van der Waals surface area (Å²) in [7, 11) is 0. The molecule has 0 aliphatic carbocycles. The molecule has 17 heteroatoms. The Kier molecular flexibility index (Phi) is 13.0. The number of nitrogens with one attached hydrogen (secondary N) is 2. The highest BCUT2D eigenvalue weighted by Crippen LogP contribution is 2.39. The first-order valence-corrected chi connectivity index (χ1v) is 17.4. The van der Waals surface area contributed by atoms with Crippen LogP contribution in [0.4, 0.5) is 5.13 Å². The molecule has 4 aromatic rings. The zero-order valence-corrected chi connectivity index (χ0v) is 28.8. The minimum Gasteiger partial charge on any atom is -0.490 e. The number of halogens is 2. The van der Waals surface area contributed by atoms with Crippen LogP contribution in [0.1, 0.15) is 43.9 Å². The van der Waals surface area contributed by atoms with Crippen LogP contribution in [0.25, 0.3) is 5.69 Å². The molecule has 0 spiro atoms. The van der Waals surface area contributed by atoms with Crippen molar-refractivity contribution in [2.24, 2.45) is 0 Å². The van der Waals surface area contributed by atoms with Crippen molar-refractivity contribution in [2.75, 3.05) is 36.6 Å². The molecule has 2 heterocycles. The van der Waals surface area contributed by atoms with E-state index in [2.05, 4.69) is 31.0 Å². The van der Waals surface area contributed by atoms with Crippen LogP contribution in [0.15, 0.2) is 39.8 Å². The van der Waals surface area contributed by atoms with E-state index in [0.717, 1.165) is 21.9 Å². The molecule has 0 radical (unpaired) electrons. The number of amides is 2. The van der Waals surface area contributed by atoms with Gasteiger partial charge in [0.15, 0.2) is 26.8 Å². The van der Waals surface area contributed by atoms with Gasteiger partial charge in [0.2, 0.25) is 16.8 Å². The molecule has 240 valence electrons. The van der Waals surface area contributed by atoms with Crippen molar-refractivity contribution in [3.63, 3.8) is 0 Å². The van der Waals surface area contributed by atoms with Crippen LogP contribution in [0, 0.1) is 0 Å². The molecule has 45 heavy (non-hydrogen) atoms. The molecule has 0 saturated heterocycles. The summed E-state index contributed by atoms with van der Waals surface area (Å²) >= 11 is 16.5. The van der Waals surface area contributed by atoms with Gasteiger partial charge in [0.1, 0.15) is 0 Å². The summed E-state index contributed by atoms with van der Waals surface area (Å²) in [6.45, 7) is 8.72. The van der Waals surface area contributed by atoms with E-state index >= 15 is 0 Å². The number of aromatic nitrogens is 5.